The Morgan fingerprint density at radius 2 is 2.04 bits per heavy atom. The first-order valence-electron chi connectivity index (χ1n) is 8.56. The van der Waals surface area contributed by atoms with Crippen LogP contribution in [0.4, 0.5) is 5.95 Å². The van der Waals surface area contributed by atoms with Crippen LogP contribution in [0, 0.1) is 6.92 Å². The first-order chi connectivity index (χ1) is 11.7. The van der Waals surface area contributed by atoms with E-state index in [0.717, 1.165) is 68.5 Å². The highest BCUT2D eigenvalue weighted by Crippen LogP contribution is 2.35. The molecule has 128 valence electrons. The molecule has 0 bridgehead atoms. The number of ether oxygens (including phenoxy) is 1. The molecule has 7 heteroatoms. The Hall–Kier alpha value is -1.99. The lowest BCUT2D eigenvalue weighted by atomic mass is 10.1. The summed E-state index contributed by atoms with van der Waals surface area (Å²) in [7, 11) is 2.14. The maximum Gasteiger partial charge on any atom is 0.225 e. The van der Waals surface area contributed by atoms with Crippen molar-refractivity contribution in [3.8, 4) is 11.3 Å². The number of rotatable bonds is 3. The molecule has 7 nitrogen and oxygen atoms in total. The number of hydrogen-bond donors (Lipinski definition) is 0. The number of aryl methyl sites for hydroxylation is 1. The number of nitrogens with zero attached hydrogens (tertiary/aromatic N) is 5. The molecule has 0 aliphatic carbocycles. The normalized spacial score (nSPS) is 22.2. The average Bonchev–Trinajstić information content (AvgIpc) is 3.27. The van der Waals surface area contributed by atoms with Gasteiger partial charge in [0, 0.05) is 45.0 Å². The van der Waals surface area contributed by atoms with E-state index in [-0.39, 0.29) is 6.10 Å². The highest BCUT2D eigenvalue weighted by molar-refractivity contribution is 5.61. The van der Waals surface area contributed by atoms with Gasteiger partial charge in [-0.15, -0.1) is 0 Å². The topological polar surface area (TPSA) is 67.5 Å². The minimum absolute atomic E-state index is 0.0135. The van der Waals surface area contributed by atoms with Gasteiger partial charge >= 0.3 is 0 Å². The van der Waals surface area contributed by atoms with E-state index >= 15 is 0 Å². The molecule has 4 rings (SSSR count). The monoisotopic (exact) mass is 329 g/mol. The molecule has 0 radical (unpaired) electrons. The highest BCUT2D eigenvalue weighted by atomic mass is 16.5. The zero-order chi connectivity index (χ0) is 16.5. The van der Waals surface area contributed by atoms with Crippen molar-refractivity contribution in [3.63, 3.8) is 0 Å². The van der Waals surface area contributed by atoms with Gasteiger partial charge in [0.15, 0.2) is 5.76 Å². The summed E-state index contributed by atoms with van der Waals surface area (Å²) in [6, 6.07) is 1.92. The summed E-state index contributed by atoms with van der Waals surface area (Å²) in [5, 5.41) is 3.99. The molecule has 1 unspecified atom stereocenters. The Bertz CT molecular complexity index is 703. The fourth-order valence-corrected chi connectivity index (χ4v) is 3.26. The van der Waals surface area contributed by atoms with Crippen LogP contribution < -0.4 is 4.90 Å². The average molecular weight is 329 g/mol. The van der Waals surface area contributed by atoms with Crippen LogP contribution in [-0.4, -0.2) is 59.9 Å². The van der Waals surface area contributed by atoms with Crippen LogP contribution in [0.15, 0.2) is 16.8 Å². The van der Waals surface area contributed by atoms with Crippen LogP contribution >= 0.6 is 0 Å². The first-order valence-corrected chi connectivity index (χ1v) is 8.56. The smallest absolute Gasteiger partial charge is 0.225 e. The molecule has 2 aromatic heterocycles. The van der Waals surface area contributed by atoms with E-state index < -0.39 is 0 Å². The van der Waals surface area contributed by atoms with Gasteiger partial charge < -0.3 is 19.1 Å². The number of anilines is 1. The van der Waals surface area contributed by atoms with E-state index in [1.807, 2.05) is 19.2 Å². The van der Waals surface area contributed by atoms with Crippen LogP contribution in [0.1, 0.15) is 30.3 Å². The minimum atomic E-state index is 0.0135. The van der Waals surface area contributed by atoms with Crippen molar-refractivity contribution < 1.29 is 9.26 Å². The van der Waals surface area contributed by atoms with Crippen LogP contribution in [0.2, 0.25) is 0 Å². The van der Waals surface area contributed by atoms with Gasteiger partial charge in [0.05, 0.1) is 17.0 Å². The lowest BCUT2D eigenvalue weighted by molar-refractivity contribution is 0.109. The Kier molecular flexibility index (Phi) is 4.20. The second-order valence-electron chi connectivity index (χ2n) is 6.59. The first kappa shape index (κ1) is 15.5. The van der Waals surface area contributed by atoms with Gasteiger partial charge in [0.1, 0.15) is 6.10 Å². The quantitative estimate of drug-likeness (QED) is 0.853. The van der Waals surface area contributed by atoms with Gasteiger partial charge in [0.25, 0.3) is 0 Å². The van der Waals surface area contributed by atoms with E-state index in [2.05, 4.69) is 27.0 Å². The lowest BCUT2D eigenvalue weighted by Crippen LogP contribution is -2.45. The van der Waals surface area contributed by atoms with Crippen LogP contribution in [0.3, 0.4) is 0 Å². The summed E-state index contributed by atoms with van der Waals surface area (Å²) in [6.07, 6.45) is 3.92. The molecule has 0 spiro atoms. The third-order valence-electron chi connectivity index (χ3n) is 4.72. The van der Waals surface area contributed by atoms with Crippen LogP contribution in [0.5, 0.6) is 0 Å². The molecule has 1 atom stereocenters. The van der Waals surface area contributed by atoms with Gasteiger partial charge in [-0.2, -0.15) is 0 Å². The van der Waals surface area contributed by atoms with Gasteiger partial charge in [0.2, 0.25) is 5.95 Å². The predicted molar refractivity (Wildman–Crippen MR) is 89.9 cm³/mol. The highest BCUT2D eigenvalue weighted by Gasteiger charge is 2.27. The molecule has 0 amide bonds. The van der Waals surface area contributed by atoms with Crippen molar-refractivity contribution in [1.29, 1.82) is 0 Å². The summed E-state index contributed by atoms with van der Waals surface area (Å²) in [6.45, 7) is 6.65. The summed E-state index contributed by atoms with van der Waals surface area (Å²) in [5.41, 5.74) is 2.67. The number of aromatic nitrogens is 3. The molecule has 0 N–H and O–H groups in total. The third-order valence-corrected chi connectivity index (χ3v) is 4.72. The molecular weight excluding hydrogens is 306 g/mol. The zero-order valence-electron chi connectivity index (χ0n) is 14.2. The van der Waals surface area contributed by atoms with Crippen molar-refractivity contribution in [2.24, 2.45) is 0 Å². The second kappa shape index (κ2) is 6.49. The molecule has 4 heterocycles. The van der Waals surface area contributed by atoms with Gasteiger partial charge in [-0.1, -0.05) is 5.16 Å². The number of likely N-dealkylation sites (N-methyl/N-ethyl adjacent to an activating group) is 1. The molecule has 2 aliphatic heterocycles. The van der Waals surface area contributed by atoms with E-state index in [0.29, 0.717) is 5.76 Å². The molecule has 24 heavy (non-hydrogen) atoms. The van der Waals surface area contributed by atoms with Crippen molar-refractivity contribution in [2.75, 3.05) is 44.7 Å². The van der Waals surface area contributed by atoms with Crippen LogP contribution in [0.25, 0.3) is 11.3 Å². The van der Waals surface area contributed by atoms with E-state index in [1.165, 1.54) is 0 Å². The van der Waals surface area contributed by atoms with E-state index in [1.54, 1.807) is 0 Å². The zero-order valence-corrected chi connectivity index (χ0v) is 14.2. The second-order valence-corrected chi connectivity index (χ2v) is 6.59. The molecule has 2 aliphatic rings. The Morgan fingerprint density at radius 1 is 1.21 bits per heavy atom. The van der Waals surface area contributed by atoms with Crippen molar-refractivity contribution in [3.05, 3.63) is 23.7 Å². The fourth-order valence-electron chi connectivity index (χ4n) is 3.26. The van der Waals surface area contributed by atoms with Gasteiger partial charge in [-0.05, 0) is 26.8 Å². The predicted octanol–water partition coefficient (Wildman–Crippen LogP) is 2.04. The van der Waals surface area contributed by atoms with Gasteiger partial charge in [-0.25, -0.2) is 9.97 Å². The molecule has 2 aromatic rings. The maximum absolute atomic E-state index is 5.89. The molecule has 0 saturated carbocycles. The standard InChI is InChI=1S/C17H23N5O2/c1-12-10-15(24-20-12)13-11-18-17(22-7-5-21(2)6-8-22)19-16(13)14-4-3-9-23-14/h10-11,14H,3-9H2,1-2H3. The summed E-state index contributed by atoms with van der Waals surface area (Å²) in [5.74, 6) is 1.50. The summed E-state index contributed by atoms with van der Waals surface area (Å²) in [4.78, 5) is 14.0. The van der Waals surface area contributed by atoms with Crippen molar-refractivity contribution >= 4 is 5.95 Å². The molecule has 0 aromatic carbocycles. The molecular formula is C17H23N5O2. The van der Waals surface area contributed by atoms with Crippen LogP contribution in [-0.2, 0) is 4.74 Å². The fraction of sp³-hybridized carbons (Fsp3) is 0.588. The number of piperazine rings is 1. The van der Waals surface area contributed by atoms with E-state index in [9.17, 15) is 0 Å². The lowest BCUT2D eigenvalue weighted by Gasteiger charge is -2.32. The van der Waals surface area contributed by atoms with E-state index in [4.69, 9.17) is 14.2 Å². The maximum atomic E-state index is 5.89. The Labute approximate surface area is 141 Å². The number of hydrogen-bond acceptors (Lipinski definition) is 7. The third kappa shape index (κ3) is 3.01. The summed E-state index contributed by atoms with van der Waals surface area (Å²) >= 11 is 0. The summed E-state index contributed by atoms with van der Waals surface area (Å²) < 4.78 is 11.3. The van der Waals surface area contributed by atoms with Crippen molar-refractivity contribution in [1.82, 2.24) is 20.0 Å². The van der Waals surface area contributed by atoms with Crippen molar-refractivity contribution in [2.45, 2.75) is 25.9 Å². The SMILES string of the molecule is Cc1cc(-c2cnc(N3CCN(C)CC3)nc2C2CCCO2)on1. The largest absolute Gasteiger partial charge is 0.372 e. The Balaban J connectivity index is 1.69. The minimum Gasteiger partial charge on any atom is -0.372 e. The van der Waals surface area contributed by atoms with Gasteiger partial charge in [-0.3, -0.25) is 0 Å². The molecule has 2 fully saturated rings. The Morgan fingerprint density at radius 3 is 2.71 bits per heavy atom. The molecule has 2 saturated heterocycles.